The molecule has 1 aliphatic rings. The predicted octanol–water partition coefficient (Wildman–Crippen LogP) is 2.63. The number of hydrogen-bond acceptors (Lipinski definition) is 5. The van der Waals surface area contributed by atoms with Crippen LogP contribution >= 0.6 is 0 Å². The van der Waals surface area contributed by atoms with Gasteiger partial charge in [-0.25, -0.2) is 8.42 Å². The van der Waals surface area contributed by atoms with Crippen molar-refractivity contribution in [3.63, 3.8) is 0 Å². The van der Waals surface area contributed by atoms with Crippen LogP contribution in [0.3, 0.4) is 0 Å². The first-order valence-corrected chi connectivity index (χ1v) is 9.58. The molecule has 3 rings (SSSR count). The maximum absolute atomic E-state index is 12.7. The number of carbonyl (C=O) groups excluding carboxylic acids is 1. The summed E-state index contributed by atoms with van der Waals surface area (Å²) in [6.45, 7) is 3.66. The molecule has 1 N–H and O–H groups in total. The van der Waals surface area contributed by atoms with E-state index in [0.29, 0.717) is 17.2 Å². The lowest BCUT2D eigenvalue weighted by Crippen LogP contribution is -2.35. The van der Waals surface area contributed by atoms with Crippen molar-refractivity contribution in [2.24, 2.45) is 0 Å². The van der Waals surface area contributed by atoms with Gasteiger partial charge in [-0.3, -0.25) is 9.52 Å². The number of nitrogens with one attached hydrogen (secondary N) is 1. The van der Waals surface area contributed by atoms with E-state index in [9.17, 15) is 13.2 Å². The third-order valence-electron chi connectivity index (χ3n) is 3.82. The third-order valence-corrected chi connectivity index (χ3v) is 5.20. The van der Waals surface area contributed by atoms with Crippen molar-refractivity contribution >= 4 is 27.3 Å². The van der Waals surface area contributed by atoms with Gasteiger partial charge in [0.05, 0.1) is 22.4 Å². The van der Waals surface area contributed by atoms with Crippen LogP contribution < -0.4 is 19.1 Å². The Balaban J connectivity index is 1.88. The largest absolute Gasteiger partial charge is 0.491 e. The standard InChI is InChI=1S/C18H20N2O5S/c1-12(2)25-13-7-9-14(10-8-13)26(22,23)19-15-5-4-6-16-18(15)24-11-17(21)20(16)3/h4-10,12,19H,11H2,1-3H3. The zero-order chi connectivity index (χ0) is 18.9. The van der Waals surface area contributed by atoms with E-state index >= 15 is 0 Å². The lowest BCUT2D eigenvalue weighted by atomic mass is 10.2. The number of fused-ring (bicyclic) bond motifs is 1. The molecular formula is C18H20N2O5S. The van der Waals surface area contributed by atoms with Gasteiger partial charge in [0.15, 0.2) is 12.4 Å². The molecule has 0 bridgehead atoms. The highest BCUT2D eigenvalue weighted by atomic mass is 32.2. The number of carbonyl (C=O) groups is 1. The maximum Gasteiger partial charge on any atom is 0.264 e. The molecule has 0 saturated heterocycles. The Morgan fingerprint density at radius 2 is 1.85 bits per heavy atom. The fourth-order valence-corrected chi connectivity index (χ4v) is 3.62. The first kappa shape index (κ1) is 18.1. The Hall–Kier alpha value is -2.74. The highest BCUT2D eigenvalue weighted by Crippen LogP contribution is 2.38. The number of para-hydroxylation sites is 1. The summed E-state index contributed by atoms with van der Waals surface area (Å²) >= 11 is 0. The molecule has 0 unspecified atom stereocenters. The van der Waals surface area contributed by atoms with Crippen LogP contribution in [-0.2, 0) is 14.8 Å². The van der Waals surface area contributed by atoms with E-state index in [1.54, 1.807) is 37.4 Å². The lowest BCUT2D eigenvalue weighted by molar-refractivity contribution is -0.120. The van der Waals surface area contributed by atoms with Crippen LogP contribution in [0, 0.1) is 0 Å². The number of nitrogens with zero attached hydrogens (tertiary/aromatic N) is 1. The Kier molecular flexibility index (Phi) is 4.78. The Labute approximate surface area is 152 Å². The van der Waals surface area contributed by atoms with Gasteiger partial charge in [-0.15, -0.1) is 0 Å². The second kappa shape index (κ2) is 6.87. The van der Waals surface area contributed by atoms with Crippen LogP contribution in [0.15, 0.2) is 47.4 Å². The fourth-order valence-electron chi connectivity index (χ4n) is 2.56. The van der Waals surface area contributed by atoms with Gasteiger partial charge in [-0.2, -0.15) is 0 Å². The highest BCUT2D eigenvalue weighted by molar-refractivity contribution is 7.92. The summed E-state index contributed by atoms with van der Waals surface area (Å²) in [5.74, 6) is 0.732. The van der Waals surface area contributed by atoms with E-state index in [1.165, 1.54) is 17.0 Å². The molecule has 0 aliphatic carbocycles. The van der Waals surface area contributed by atoms with Gasteiger partial charge >= 0.3 is 0 Å². The number of hydrogen-bond donors (Lipinski definition) is 1. The molecule has 0 aromatic heterocycles. The van der Waals surface area contributed by atoms with Crippen molar-refractivity contribution in [3.8, 4) is 11.5 Å². The predicted molar refractivity (Wildman–Crippen MR) is 98.4 cm³/mol. The Morgan fingerprint density at radius 3 is 2.50 bits per heavy atom. The Morgan fingerprint density at radius 1 is 1.15 bits per heavy atom. The van der Waals surface area contributed by atoms with E-state index in [0.717, 1.165) is 0 Å². The molecule has 0 atom stereocenters. The minimum absolute atomic E-state index is 0.00303. The summed E-state index contributed by atoms with van der Waals surface area (Å²) in [6, 6.07) is 11.1. The van der Waals surface area contributed by atoms with Gasteiger partial charge in [0.1, 0.15) is 5.75 Å². The SMILES string of the molecule is CC(C)Oc1ccc(S(=O)(=O)Nc2cccc3c2OCC(=O)N3C)cc1. The molecule has 26 heavy (non-hydrogen) atoms. The molecule has 0 spiro atoms. The number of rotatable bonds is 5. The van der Waals surface area contributed by atoms with E-state index in [2.05, 4.69) is 4.72 Å². The lowest BCUT2D eigenvalue weighted by Gasteiger charge is -2.27. The van der Waals surface area contributed by atoms with E-state index in [-0.39, 0.29) is 29.2 Å². The normalized spacial score (nSPS) is 14.0. The zero-order valence-corrected chi connectivity index (χ0v) is 15.5. The first-order chi connectivity index (χ1) is 12.3. The summed E-state index contributed by atoms with van der Waals surface area (Å²) < 4.78 is 38.9. The number of likely N-dealkylation sites (N-methyl/N-ethyl adjacent to an activating group) is 1. The highest BCUT2D eigenvalue weighted by Gasteiger charge is 2.26. The zero-order valence-electron chi connectivity index (χ0n) is 14.7. The maximum atomic E-state index is 12.7. The molecule has 1 amide bonds. The second-order valence-corrected chi connectivity index (χ2v) is 7.82. The van der Waals surface area contributed by atoms with Crippen molar-refractivity contribution in [1.82, 2.24) is 0 Å². The van der Waals surface area contributed by atoms with Crippen LogP contribution in [0.4, 0.5) is 11.4 Å². The fraction of sp³-hybridized carbons (Fsp3) is 0.278. The summed E-state index contributed by atoms with van der Waals surface area (Å²) in [4.78, 5) is 13.3. The molecular weight excluding hydrogens is 356 g/mol. The number of amides is 1. The van der Waals surface area contributed by atoms with Crippen LogP contribution in [0.5, 0.6) is 11.5 Å². The van der Waals surface area contributed by atoms with Crippen LogP contribution in [0.25, 0.3) is 0 Å². The summed E-state index contributed by atoms with van der Waals surface area (Å²) in [7, 11) is -2.19. The van der Waals surface area contributed by atoms with Crippen molar-refractivity contribution in [3.05, 3.63) is 42.5 Å². The number of sulfonamides is 1. The van der Waals surface area contributed by atoms with E-state index in [4.69, 9.17) is 9.47 Å². The number of ether oxygens (including phenoxy) is 2. The van der Waals surface area contributed by atoms with Gasteiger partial charge < -0.3 is 14.4 Å². The van der Waals surface area contributed by atoms with Gasteiger partial charge in [0.25, 0.3) is 15.9 Å². The van der Waals surface area contributed by atoms with Gasteiger partial charge in [0.2, 0.25) is 0 Å². The van der Waals surface area contributed by atoms with Crippen LogP contribution in [0.1, 0.15) is 13.8 Å². The molecule has 2 aromatic rings. The van der Waals surface area contributed by atoms with Gasteiger partial charge in [-0.1, -0.05) is 6.07 Å². The molecule has 0 radical (unpaired) electrons. The summed E-state index contributed by atoms with van der Waals surface area (Å²) in [5, 5.41) is 0. The van der Waals surface area contributed by atoms with Crippen LogP contribution in [0.2, 0.25) is 0 Å². The second-order valence-electron chi connectivity index (χ2n) is 6.14. The van der Waals surface area contributed by atoms with Gasteiger partial charge in [0, 0.05) is 7.05 Å². The molecule has 7 nitrogen and oxygen atoms in total. The summed E-state index contributed by atoms with van der Waals surface area (Å²) in [6.07, 6.45) is 0.00303. The number of benzene rings is 2. The monoisotopic (exact) mass is 376 g/mol. The van der Waals surface area contributed by atoms with Crippen molar-refractivity contribution in [1.29, 1.82) is 0 Å². The first-order valence-electron chi connectivity index (χ1n) is 8.10. The molecule has 138 valence electrons. The topological polar surface area (TPSA) is 84.9 Å². The number of anilines is 2. The van der Waals surface area contributed by atoms with Crippen molar-refractivity contribution in [2.45, 2.75) is 24.8 Å². The molecule has 1 aliphatic heterocycles. The smallest absolute Gasteiger partial charge is 0.264 e. The van der Waals surface area contributed by atoms with E-state index in [1.807, 2.05) is 13.8 Å². The molecule has 1 heterocycles. The minimum Gasteiger partial charge on any atom is -0.491 e. The van der Waals surface area contributed by atoms with Crippen molar-refractivity contribution in [2.75, 3.05) is 23.3 Å². The third kappa shape index (κ3) is 3.60. The van der Waals surface area contributed by atoms with Crippen LogP contribution in [-0.4, -0.2) is 34.1 Å². The minimum atomic E-state index is -3.81. The average molecular weight is 376 g/mol. The molecule has 0 saturated carbocycles. The molecule has 2 aromatic carbocycles. The average Bonchev–Trinajstić information content (AvgIpc) is 2.58. The van der Waals surface area contributed by atoms with Crippen molar-refractivity contribution < 1.29 is 22.7 Å². The molecule has 0 fully saturated rings. The molecule has 8 heteroatoms. The summed E-state index contributed by atoms with van der Waals surface area (Å²) in [5.41, 5.74) is 0.798. The quantitative estimate of drug-likeness (QED) is 0.867. The van der Waals surface area contributed by atoms with Gasteiger partial charge in [-0.05, 0) is 50.2 Å². The van der Waals surface area contributed by atoms with E-state index < -0.39 is 10.0 Å². The Bertz CT molecular complexity index is 923.